The van der Waals surface area contributed by atoms with Crippen molar-refractivity contribution in [3.05, 3.63) is 30.9 Å². The van der Waals surface area contributed by atoms with Crippen LogP contribution in [-0.2, 0) is 76.0 Å². The molecule has 5 aliphatic rings. The van der Waals surface area contributed by atoms with Crippen LogP contribution in [0, 0.1) is 41.4 Å². The van der Waals surface area contributed by atoms with Crippen LogP contribution in [0.1, 0.15) is 116 Å². The fourth-order valence-electron chi connectivity index (χ4n) is 11.8. The van der Waals surface area contributed by atoms with E-state index in [4.69, 9.17) is 61.6 Å². The smallest absolute Gasteiger partial charge is 0.461 e. The highest BCUT2D eigenvalue weighted by molar-refractivity contribution is 5.91. The van der Waals surface area contributed by atoms with E-state index in [2.05, 4.69) is 11.6 Å². The zero-order chi connectivity index (χ0) is 56.3. The van der Waals surface area contributed by atoms with Gasteiger partial charge in [-0.25, -0.2) is 19.1 Å². The average Bonchev–Trinajstić information content (AvgIpc) is 4.01. The zero-order valence-corrected chi connectivity index (χ0v) is 46.8. The lowest BCUT2D eigenvalue weighted by atomic mass is 9.74. The largest absolute Gasteiger partial charge is 0.509 e. The van der Waals surface area contributed by atoms with Crippen molar-refractivity contribution in [3.8, 4) is 0 Å². The topological polar surface area (TPSA) is 264 Å². The zero-order valence-electron chi connectivity index (χ0n) is 46.8. The third-order valence-electron chi connectivity index (χ3n) is 15.8. The number of methoxy groups -OCH3 is 2. The van der Waals surface area contributed by atoms with Gasteiger partial charge in [0.2, 0.25) is 0 Å². The Morgan fingerprint density at radius 1 is 0.829 bits per heavy atom. The second kappa shape index (κ2) is 25.3. The molecular weight excluding hydrogens is 997 g/mol. The molecule has 6 heterocycles. The standard InChI is InChI=1S/C54H84N2O20/c1-25(2)19-36(57)70-42-31(8)41(28(5)23-66-50-45(65-16)44(64-15)39(59)34(11)69-50)72-48(61)33(10)43(71-37-22-54(14)47(35(12)68-37)74-52(63)76-54)30(7)40(73-49-38(58)26(3)20-29(6)67-49)27(4)21-53(13,46(60)32(42)9)75-51(62)56-18-17-55-24-56/h17-18,24-25,27-35,37-45,47,49-50,58-59H,3,19-23H2,1-2,4-16H3/t27-,28-,29+,30+,31-,32+,33+,34+,35-,37-,38+,39+,40-,41+,42+,43-,44+,45+,47-,49-,50+,53-,54+/m0/s1. The molecule has 1 aromatic heterocycles. The van der Waals surface area contributed by atoms with E-state index in [1.165, 1.54) is 39.9 Å². The Labute approximate surface area is 446 Å². The number of carbonyl (C=O) groups is 5. The third-order valence-corrected chi connectivity index (χ3v) is 15.8. The molecule has 23 atom stereocenters. The first-order valence-electron chi connectivity index (χ1n) is 26.7. The number of aliphatic hydroxyl groups excluding tert-OH is 2. The Hall–Kier alpha value is -4.10. The number of carbonyl (C=O) groups excluding carboxylic acids is 5. The maximum absolute atomic E-state index is 15.7. The van der Waals surface area contributed by atoms with Crippen LogP contribution in [0.4, 0.5) is 9.59 Å². The summed E-state index contributed by atoms with van der Waals surface area (Å²) in [4.78, 5) is 75.5. The first kappa shape index (κ1) is 61.1. The van der Waals surface area contributed by atoms with Crippen molar-refractivity contribution in [1.29, 1.82) is 0 Å². The molecule has 22 heteroatoms. The number of fused-ring (bicyclic) bond motifs is 1. The molecule has 0 amide bonds. The fourth-order valence-corrected chi connectivity index (χ4v) is 11.8. The summed E-state index contributed by atoms with van der Waals surface area (Å²) in [5.74, 6) is -7.88. The molecule has 0 aliphatic carbocycles. The van der Waals surface area contributed by atoms with Gasteiger partial charge in [-0.05, 0) is 71.8 Å². The minimum Gasteiger partial charge on any atom is -0.461 e. The lowest BCUT2D eigenvalue weighted by molar-refractivity contribution is -0.305. The van der Waals surface area contributed by atoms with Gasteiger partial charge in [-0.15, -0.1) is 0 Å². The molecule has 1 aromatic rings. The van der Waals surface area contributed by atoms with Crippen molar-refractivity contribution in [2.45, 2.75) is 219 Å². The summed E-state index contributed by atoms with van der Waals surface area (Å²) in [6.07, 6.45) is -12.5. The van der Waals surface area contributed by atoms with Crippen molar-refractivity contribution in [2.75, 3.05) is 20.8 Å². The summed E-state index contributed by atoms with van der Waals surface area (Å²) in [7, 11) is 2.87. The van der Waals surface area contributed by atoms with Crippen LogP contribution < -0.4 is 0 Å². The number of ketones is 1. The Kier molecular flexibility index (Phi) is 20.4. The van der Waals surface area contributed by atoms with Crippen molar-refractivity contribution in [1.82, 2.24) is 9.55 Å². The molecule has 0 unspecified atom stereocenters. The van der Waals surface area contributed by atoms with E-state index in [0.717, 1.165) is 4.57 Å². The second-order valence-electron chi connectivity index (χ2n) is 22.8. The number of hydrogen-bond donors (Lipinski definition) is 2. The number of aromatic nitrogens is 2. The highest BCUT2D eigenvalue weighted by Crippen LogP contribution is 2.44. The molecule has 430 valence electrons. The molecular formula is C54H84N2O20. The lowest BCUT2D eigenvalue weighted by Gasteiger charge is -2.46. The first-order chi connectivity index (χ1) is 35.6. The molecule has 76 heavy (non-hydrogen) atoms. The molecule has 22 nitrogen and oxygen atoms in total. The van der Waals surface area contributed by atoms with E-state index in [0.29, 0.717) is 12.0 Å². The summed E-state index contributed by atoms with van der Waals surface area (Å²) in [6.45, 7) is 26.3. The van der Waals surface area contributed by atoms with Crippen molar-refractivity contribution in [2.24, 2.45) is 41.4 Å². The van der Waals surface area contributed by atoms with Crippen LogP contribution in [0.25, 0.3) is 0 Å². The molecule has 0 radical (unpaired) electrons. The number of cyclic esters (lactones) is 1. The highest BCUT2D eigenvalue weighted by Gasteiger charge is 2.58. The number of rotatable bonds is 14. The van der Waals surface area contributed by atoms with Crippen LogP contribution in [0.15, 0.2) is 30.9 Å². The predicted molar refractivity (Wildman–Crippen MR) is 267 cm³/mol. The van der Waals surface area contributed by atoms with Gasteiger partial charge in [0.25, 0.3) is 0 Å². The Bertz CT molecular complexity index is 2160. The summed E-state index contributed by atoms with van der Waals surface area (Å²) in [5.41, 5.74) is -2.70. The molecule has 0 aromatic carbocycles. The number of imidazole rings is 1. The van der Waals surface area contributed by atoms with Gasteiger partial charge < -0.3 is 71.8 Å². The van der Waals surface area contributed by atoms with Gasteiger partial charge in [-0.3, -0.25) is 14.4 Å². The SMILES string of the molecule is C=C1C[C@@H](C)O[C@@H](O[C@@H]2[C@@H](C)[C@H](O[C@H]3C[C@@]4(C)OC(=O)O[C@H]4[C@H](C)O3)[C@@H](C)C(=O)O[C@H]([C@@H](C)CO[C@@H]3O[C@H](C)[C@@H](O)[C@@H](OC)[C@H]3OC)[C@H](C)[C@@H](OC(=O)CC(C)C)[C@@H](C)C(=O)[C@@](C)(OC(=O)n3ccnc3)C[C@@H]2C)[C@@H]1O. The van der Waals surface area contributed by atoms with Crippen molar-refractivity contribution < 1.29 is 95.8 Å². The minimum absolute atomic E-state index is 0.000993. The summed E-state index contributed by atoms with van der Waals surface area (Å²) >= 11 is 0. The lowest BCUT2D eigenvalue weighted by Crippen LogP contribution is -2.59. The van der Waals surface area contributed by atoms with Gasteiger partial charge in [-0.2, -0.15) is 0 Å². The molecule has 6 rings (SSSR count). The van der Waals surface area contributed by atoms with E-state index in [1.54, 1.807) is 62.3 Å². The average molecular weight is 1080 g/mol. The minimum atomic E-state index is -2.00. The van der Waals surface area contributed by atoms with Gasteiger partial charge in [0.05, 0.1) is 49.0 Å². The van der Waals surface area contributed by atoms with Crippen LogP contribution in [0.5, 0.6) is 0 Å². The van der Waals surface area contributed by atoms with Crippen LogP contribution in [0.3, 0.4) is 0 Å². The fraction of sp³-hybridized carbons (Fsp3) is 0.815. The number of aliphatic hydroxyl groups is 2. The molecule has 2 N–H and O–H groups in total. The summed E-state index contributed by atoms with van der Waals surface area (Å²) in [6, 6.07) is 0. The first-order valence-corrected chi connectivity index (χ1v) is 26.7. The van der Waals surface area contributed by atoms with Crippen LogP contribution >= 0.6 is 0 Å². The summed E-state index contributed by atoms with van der Waals surface area (Å²) in [5, 5.41) is 22.4. The van der Waals surface area contributed by atoms with E-state index < -0.39 is 169 Å². The number of esters is 2. The van der Waals surface area contributed by atoms with E-state index in [-0.39, 0.29) is 31.8 Å². The van der Waals surface area contributed by atoms with Gasteiger partial charge in [0.1, 0.15) is 43.0 Å². The van der Waals surface area contributed by atoms with Gasteiger partial charge in [-0.1, -0.05) is 55.0 Å². The number of Topliss-reactive ketones (excluding diaryl/α,β-unsaturated/α-hetero) is 1. The van der Waals surface area contributed by atoms with E-state index in [1.807, 2.05) is 20.8 Å². The van der Waals surface area contributed by atoms with Crippen LogP contribution in [0.2, 0.25) is 0 Å². The van der Waals surface area contributed by atoms with Gasteiger partial charge >= 0.3 is 24.2 Å². The monoisotopic (exact) mass is 1080 g/mol. The maximum atomic E-state index is 15.7. The Balaban J connectivity index is 1.50. The molecule has 5 fully saturated rings. The highest BCUT2D eigenvalue weighted by atomic mass is 16.8. The van der Waals surface area contributed by atoms with Crippen molar-refractivity contribution in [3.63, 3.8) is 0 Å². The van der Waals surface area contributed by atoms with E-state index in [9.17, 15) is 24.6 Å². The Morgan fingerprint density at radius 3 is 2.14 bits per heavy atom. The normalized spacial score (nSPS) is 42.2. The number of nitrogens with zero attached hydrogens (tertiary/aromatic N) is 2. The molecule has 5 saturated heterocycles. The van der Waals surface area contributed by atoms with Gasteiger partial charge in [0, 0.05) is 57.2 Å². The molecule has 0 bridgehead atoms. The molecule has 5 aliphatic heterocycles. The summed E-state index contributed by atoms with van der Waals surface area (Å²) < 4.78 is 81.8. The molecule has 0 spiro atoms. The maximum Gasteiger partial charge on any atom is 0.509 e. The number of hydrogen-bond acceptors (Lipinski definition) is 21. The van der Waals surface area contributed by atoms with Gasteiger partial charge in [0.15, 0.2) is 42.0 Å². The number of ether oxygens (including phenoxy) is 13. The van der Waals surface area contributed by atoms with E-state index >= 15 is 9.59 Å². The Morgan fingerprint density at radius 2 is 1.51 bits per heavy atom. The van der Waals surface area contributed by atoms with Crippen LogP contribution in [-0.4, -0.2) is 174 Å². The van der Waals surface area contributed by atoms with Crippen molar-refractivity contribution >= 4 is 30.0 Å². The molecule has 0 saturated carbocycles. The second-order valence-corrected chi connectivity index (χ2v) is 22.8. The third kappa shape index (κ3) is 13.7. The predicted octanol–water partition coefficient (Wildman–Crippen LogP) is 5.69. The quantitative estimate of drug-likeness (QED) is 0.129.